The minimum atomic E-state index is 0.000638. The standard InChI is InChI=1S/C21H30N4O/c1-16-19(17(2)25(24-16)18-9-5-3-6-10-18)14-23-20(26)13-21(15-22)11-7-4-8-12-21/h3,5-6,9-10H,4,7-8,11-15,22H2,1-2H3,(H,23,26). The predicted octanol–water partition coefficient (Wildman–Crippen LogP) is 3.40. The average molecular weight is 354 g/mol. The maximum absolute atomic E-state index is 12.6. The van der Waals surface area contributed by atoms with E-state index >= 15 is 0 Å². The van der Waals surface area contributed by atoms with Crippen molar-refractivity contribution in [2.75, 3.05) is 6.54 Å². The molecule has 5 nitrogen and oxygen atoms in total. The average Bonchev–Trinajstić information content (AvgIpc) is 2.95. The van der Waals surface area contributed by atoms with Crippen molar-refractivity contribution in [1.82, 2.24) is 15.1 Å². The quantitative estimate of drug-likeness (QED) is 0.835. The molecule has 0 spiro atoms. The van der Waals surface area contributed by atoms with E-state index in [-0.39, 0.29) is 11.3 Å². The van der Waals surface area contributed by atoms with E-state index in [1.807, 2.05) is 41.9 Å². The Hall–Kier alpha value is -2.14. The highest BCUT2D eigenvalue weighted by atomic mass is 16.1. The van der Waals surface area contributed by atoms with Gasteiger partial charge >= 0.3 is 0 Å². The van der Waals surface area contributed by atoms with E-state index in [1.165, 1.54) is 19.3 Å². The summed E-state index contributed by atoms with van der Waals surface area (Å²) >= 11 is 0. The topological polar surface area (TPSA) is 72.9 Å². The van der Waals surface area contributed by atoms with Crippen LogP contribution in [0.15, 0.2) is 30.3 Å². The third-order valence-corrected chi connectivity index (χ3v) is 5.79. The van der Waals surface area contributed by atoms with E-state index in [9.17, 15) is 4.79 Å². The second-order valence-corrected chi connectivity index (χ2v) is 7.62. The molecular weight excluding hydrogens is 324 g/mol. The fraction of sp³-hybridized carbons (Fsp3) is 0.524. The third kappa shape index (κ3) is 3.98. The second-order valence-electron chi connectivity index (χ2n) is 7.62. The molecule has 1 saturated carbocycles. The zero-order valence-corrected chi connectivity index (χ0v) is 15.9. The van der Waals surface area contributed by atoms with E-state index in [4.69, 9.17) is 5.73 Å². The highest BCUT2D eigenvalue weighted by Crippen LogP contribution is 2.38. The second kappa shape index (κ2) is 8.04. The van der Waals surface area contributed by atoms with Crippen LogP contribution in [0.25, 0.3) is 5.69 Å². The Balaban J connectivity index is 1.66. The van der Waals surface area contributed by atoms with Gasteiger partial charge in [0.2, 0.25) is 5.91 Å². The van der Waals surface area contributed by atoms with Crippen molar-refractivity contribution in [2.24, 2.45) is 11.1 Å². The van der Waals surface area contributed by atoms with Crippen LogP contribution in [0.3, 0.4) is 0 Å². The van der Waals surface area contributed by atoms with E-state index in [1.54, 1.807) is 0 Å². The van der Waals surface area contributed by atoms with Crippen molar-refractivity contribution in [3.63, 3.8) is 0 Å². The summed E-state index contributed by atoms with van der Waals surface area (Å²) in [6, 6.07) is 10.1. The Labute approximate surface area is 156 Å². The lowest BCUT2D eigenvalue weighted by Crippen LogP contribution is -2.38. The van der Waals surface area contributed by atoms with Gasteiger partial charge in [-0.25, -0.2) is 4.68 Å². The number of aromatic nitrogens is 2. The normalized spacial score (nSPS) is 16.4. The molecule has 0 atom stereocenters. The maximum Gasteiger partial charge on any atom is 0.220 e. The molecule has 5 heteroatoms. The molecule has 1 aliphatic carbocycles. The van der Waals surface area contributed by atoms with Crippen molar-refractivity contribution in [1.29, 1.82) is 0 Å². The fourth-order valence-electron chi connectivity index (χ4n) is 4.10. The SMILES string of the molecule is Cc1nn(-c2ccccc2)c(C)c1CNC(=O)CC1(CN)CCCCC1. The van der Waals surface area contributed by atoms with Gasteiger partial charge in [0.05, 0.1) is 11.4 Å². The lowest BCUT2D eigenvalue weighted by atomic mass is 9.71. The number of hydrogen-bond acceptors (Lipinski definition) is 3. The minimum absolute atomic E-state index is 0.000638. The number of aryl methyl sites for hydroxylation is 1. The Bertz CT molecular complexity index is 745. The molecule has 0 bridgehead atoms. The first-order valence-electron chi connectivity index (χ1n) is 9.62. The van der Waals surface area contributed by atoms with Crippen molar-refractivity contribution >= 4 is 5.91 Å². The largest absolute Gasteiger partial charge is 0.352 e. The van der Waals surface area contributed by atoms with E-state index in [0.29, 0.717) is 19.5 Å². The van der Waals surface area contributed by atoms with Crippen LogP contribution in [-0.2, 0) is 11.3 Å². The van der Waals surface area contributed by atoms with Gasteiger partial charge in [-0.05, 0) is 50.8 Å². The van der Waals surface area contributed by atoms with Gasteiger partial charge in [0.1, 0.15) is 0 Å². The fourth-order valence-corrected chi connectivity index (χ4v) is 4.10. The van der Waals surface area contributed by atoms with Gasteiger partial charge in [0.25, 0.3) is 0 Å². The molecule has 0 saturated heterocycles. The summed E-state index contributed by atoms with van der Waals surface area (Å²) in [6.07, 6.45) is 6.32. The number of nitrogens with two attached hydrogens (primary N) is 1. The number of carbonyl (C=O) groups is 1. The van der Waals surface area contributed by atoms with Crippen LogP contribution < -0.4 is 11.1 Å². The summed E-state index contributed by atoms with van der Waals surface area (Å²) in [4.78, 5) is 12.6. The summed E-state index contributed by atoms with van der Waals surface area (Å²) in [7, 11) is 0. The molecule has 1 amide bonds. The number of nitrogens with zero attached hydrogens (tertiary/aromatic N) is 2. The molecule has 3 N–H and O–H groups in total. The van der Waals surface area contributed by atoms with Crippen molar-refractivity contribution < 1.29 is 4.79 Å². The molecule has 0 radical (unpaired) electrons. The van der Waals surface area contributed by atoms with Gasteiger partial charge < -0.3 is 11.1 Å². The molecule has 1 aromatic carbocycles. The molecule has 140 valence electrons. The highest BCUT2D eigenvalue weighted by molar-refractivity contribution is 5.76. The molecule has 0 aliphatic heterocycles. The molecule has 1 heterocycles. The minimum Gasteiger partial charge on any atom is -0.352 e. The number of carbonyl (C=O) groups excluding carboxylic acids is 1. The molecule has 2 aromatic rings. The van der Waals surface area contributed by atoms with Gasteiger partial charge in [0.15, 0.2) is 0 Å². The molecule has 1 aromatic heterocycles. The molecule has 26 heavy (non-hydrogen) atoms. The summed E-state index contributed by atoms with van der Waals surface area (Å²) in [5, 5.41) is 7.75. The summed E-state index contributed by atoms with van der Waals surface area (Å²) in [5.41, 5.74) is 10.2. The van der Waals surface area contributed by atoms with Gasteiger partial charge in [-0.2, -0.15) is 5.10 Å². The molecule has 3 rings (SSSR count). The number of benzene rings is 1. The van der Waals surface area contributed by atoms with Crippen LogP contribution in [0.4, 0.5) is 0 Å². The van der Waals surface area contributed by atoms with E-state index in [0.717, 1.165) is 35.5 Å². The first-order valence-corrected chi connectivity index (χ1v) is 9.62. The van der Waals surface area contributed by atoms with Gasteiger partial charge in [-0.1, -0.05) is 37.5 Å². The number of hydrogen-bond donors (Lipinski definition) is 2. The van der Waals surface area contributed by atoms with E-state index < -0.39 is 0 Å². The van der Waals surface area contributed by atoms with Crippen LogP contribution >= 0.6 is 0 Å². The number of para-hydroxylation sites is 1. The Morgan fingerprint density at radius 2 is 1.88 bits per heavy atom. The zero-order valence-electron chi connectivity index (χ0n) is 15.9. The zero-order chi connectivity index (χ0) is 18.6. The maximum atomic E-state index is 12.6. The summed E-state index contributed by atoms with van der Waals surface area (Å²) in [5.74, 6) is 0.101. The lowest BCUT2D eigenvalue weighted by molar-refractivity contribution is -0.124. The van der Waals surface area contributed by atoms with Gasteiger partial charge in [-0.15, -0.1) is 0 Å². The van der Waals surface area contributed by atoms with Crippen molar-refractivity contribution in [2.45, 2.75) is 58.9 Å². The summed E-state index contributed by atoms with van der Waals surface area (Å²) in [6.45, 7) is 5.17. The van der Waals surface area contributed by atoms with Crippen LogP contribution in [0.2, 0.25) is 0 Å². The number of nitrogens with one attached hydrogen (secondary N) is 1. The Morgan fingerprint density at radius 1 is 1.19 bits per heavy atom. The number of rotatable bonds is 6. The lowest BCUT2D eigenvalue weighted by Gasteiger charge is -2.35. The molecule has 1 fully saturated rings. The highest BCUT2D eigenvalue weighted by Gasteiger charge is 2.32. The number of amides is 1. The van der Waals surface area contributed by atoms with Gasteiger partial charge in [0, 0.05) is 24.2 Å². The molecule has 1 aliphatic rings. The third-order valence-electron chi connectivity index (χ3n) is 5.79. The van der Waals surface area contributed by atoms with Crippen molar-refractivity contribution in [3.05, 3.63) is 47.3 Å². The molecule has 0 unspecified atom stereocenters. The van der Waals surface area contributed by atoms with Crippen LogP contribution in [0.5, 0.6) is 0 Å². The monoisotopic (exact) mass is 354 g/mol. The van der Waals surface area contributed by atoms with Crippen LogP contribution in [0.1, 0.15) is 55.5 Å². The summed E-state index contributed by atoms with van der Waals surface area (Å²) < 4.78 is 1.94. The first-order chi connectivity index (χ1) is 12.5. The smallest absolute Gasteiger partial charge is 0.220 e. The van der Waals surface area contributed by atoms with Crippen molar-refractivity contribution in [3.8, 4) is 5.69 Å². The van der Waals surface area contributed by atoms with E-state index in [2.05, 4.69) is 17.3 Å². The Morgan fingerprint density at radius 3 is 2.54 bits per heavy atom. The van der Waals surface area contributed by atoms with Crippen LogP contribution in [0, 0.1) is 19.3 Å². The first kappa shape index (κ1) is 18.6. The predicted molar refractivity (Wildman–Crippen MR) is 104 cm³/mol. The van der Waals surface area contributed by atoms with Gasteiger partial charge in [-0.3, -0.25) is 4.79 Å². The molecular formula is C21H30N4O. The Kier molecular flexibility index (Phi) is 5.77. The van der Waals surface area contributed by atoms with Crippen LogP contribution in [-0.4, -0.2) is 22.2 Å².